The summed E-state index contributed by atoms with van der Waals surface area (Å²) in [6.45, 7) is 1.90. The van der Waals surface area contributed by atoms with Gasteiger partial charge in [0.1, 0.15) is 11.6 Å². The maximum atomic E-state index is 11.8. The third-order valence-electron chi connectivity index (χ3n) is 2.82. The van der Waals surface area contributed by atoms with Gasteiger partial charge in [0, 0.05) is 12.4 Å². The number of hydrogen-bond acceptors (Lipinski definition) is 4. The largest absolute Gasteiger partial charge is 0.459 e. The molecule has 0 aliphatic carbocycles. The fourth-order valence-electron chi connectivity index (χ4n) is 1.82. The molecule has 3 rings (SSSR count). The first-order valence-electron chi connectivity index (χ1n) is 6.05. The zero-order valence-electron chi connectivity index (χ0n) is 10.8. The molecule has 0 fully saturated rings. The summed E-state index contributed by atoms with van der Waals surface area (Å²) in [4.78, 5) is 20.2. The SMILES string of the molecule is Cc1nccn1-c1ccc(NC(=O)c2ccco2)cn1. The fourth-order valence-corrected chi connectivity index (χ4v) is 1.82. The Morgan fingerprint density at radius 3 is 2.80 bits per heavy atom. The number of carbonyl (C=O) groups excluding carboxylic acids is 1. The highest BCUT2D eigenvalue weighted by Crippen LogP contribution is 2.12. The second kappa shape index (κ2) is 5.00. The van der Waals surface area contributed by atoms with Crippen LogP contribution < -0.4 is 5.32 Å². The molecule has 0 spiro atoms. The normalized spacial score (nSPS) is 10.4. The van der Waals surface area contributed by atoms with Gasteiger partial charge in [0.25, 0.3) is 5.91 Å². The Morgan fingerprint density at radius 1 is 1.30 bits per heavy atom. The third kappa shape index (κ3) is 2.31. The molecule has 0 atom stereocenters. The molecule has 0 unspecified atom stereocenters. The number of nitrogens with one attached hydrogen (secondary N) is 1. The number of nitrogens with zero attached hydrogens (tertiary/aromatic N) is 3. The first-order valence-corrected chi connectivity index (χ1v) is 6.05. The summed E-state index contributed by atoms with van der Waals surface area (Å²) < 4.78 is 6.88. The minimum absolute atomic E-state index is 0.263. The summed E-state index contributed by atoms with van der Waals surface area (Å²) in [5.41, 5.74) is 0.605. The van der Waals surface area contributed by atoms with E-state index in [4.69, 9.17) is 4.42 Å². The van der Waals surface area contributed by atoms with Crippen molar-refractivity contribution in [1.29, 1.82) is 0 Å². The summed E-state index contributed by atoms with van der Waals surface area (Å²) >= 11 is 0. The monoisotopic (exact) mass is 268 g/mol. The van der Waals surface area contributed by atoms with Gasteiger partial charge in [-0.1, -0.05) is 0 Å². The Morgan fingerprint density at radius 2 is 2.20 bits per heavy atom. The number of anilines is 1. The van der Waals surface area contributed by atoms with E-state index in [2.05, 4.69) is 15.3 Å². The number of carbonyl (C=O) groups is 1. The summed E-state index contributed by atoms with van der Waals surface area (Å²) in [7, 11) is 0. The second-order valence-corrected chi connectivity index (χ2v) is 4.18. The molecule has 0 bridgehead atoms. The summed E-state index contributed by atoms with van der Waals surface area (Å²) in [6, 6.07) is 6.86. The van der Waals surface area contributed by atoms with E-state index in [1.165, 1.54) is 6.26 Å². The van der Waals surface area contributed by atoms with Crippen LogP contribution in [0.1, 0.15) is 16.4 Å². The molecule has 1 N–H and O–H groups in total. The average molecular weight is 268 g/mol. The van der Waals surface area contributed by atoms with E-state index < -0.39 is 0 Å². The standard InChI is InChI=1S/C14H12N4O2/c1-10-15-6-7-18(10)13-5-4-11(9-16-13)17-14(19)12-3-2-8-20-12/h2-9H,1H3,(H,17,19). The predicted octanol–water partition coefficient (Wildman–Crippen LogP) is 2.42. The number of aryl methyl sites for hydroxylation is 1. The van der Waals surface area contributed by atoms with Crippen molar-refractivity contribution in [2.45, 2.75) is 6.92 Å². The first kappa shape index (κ1) is 12.2. The van der Waals surface area contributed by atoms with Gasteiger partial charge < -0.3 is 9.73 Å². The molecule has 0 aromatic carbocycles. The Kier molecular flexibility index (Phi) is 3.04. The topological polar surface area (TPSA) is 73.0 Å². The van der Waals surface area contributed by atoms with Crippen molar-refractivity contribution in [1.82, 2.24) is 14.5 Å². The number of pyridine rings is 1. The van der Waals surface area contributed by atoms with Crippen LogP contribution in [0.2, 0.25) is 0 Å². The Balaban J connectivity index is 1.77. The minimum atomic E-state index is -0.302. The van der Waals surface area contributed by atoms with E-state index in [-0.39, 0.29) is 11.7 Å². The van der Waals surface area contributed by atoms with Gasteiger partial charge in [0.05, 0.1) is 18.1 Å². The number of rotatable bonds is 3. The minimum Gasteiger partial charge on any atom is -0.459 e. The molecule has 0 saturated carbocycles. The zero-order chi connectivity index (χ0) is 13.9. The van der Waals surface area contributed by atoms with Crippen LogP contribution in [0.15, 0.2) is 53.5 Å². The highest BCUT2D eigenvalue weighted by molar-refractivity contribution is 6.02. The molecule has 0 saturated heterocycles. The molecule has 6 heteroatoms. The molecular weight excluding hydrogens is 256 g/mol. The van der Waals surface area contributed by atoms with Crippen molar-refractivity contribution in [3.05, 3.63) is 60.7 Å². The number of furan rings is 1. The first-order chi connectivity index (χ1) is 9.74. The van der Waals surface area contributed by atoms with Gasteiger partial charge in [-0.15, -0.1) is 0 Å². The van der Waals surface area contributed by atoms with E-state index in [9.17, 15) is 4.79 Å². The van der Waals surface area contributed by atoms with Crippen LogP contribution in [0, 0.1) is 6.92 Å². The van der Waals surface area contributed by atoms with E-state index in [0.717, 1.165) is 11.6 Å². The Bertz CT molecular complexity index is 714. The van der Waals surface area contributed by atoms with Crippen molar-refractivity contribution >= 4 is 11.6 Å². The number of imidazole rings is 1. The van der Waals surface area contributed by atoms with Gasteiger partial charge >= 0.3 is 0 Å². The fraction of sp³-hybridized carbons (Fsp3) is 0.0714. The molecule has 6 nitrogen and oxygen atoms in total. The Hall–Kier alpha value is -2.89. The van der Waals surface area contributed by atoms with Crippen LogP contribution in [-0.2, 0) is 0 Å². The molecule has 1 amide bonds. The summed E-state index contributed by atoms with van der Waals surface area (Å²) in [5.74, 6) is 1.56. The van der Waals surface area contributed by atoms with Gasteiger partial charge in [-0.3, -0.25) is 9.36 Å². The lowest BCUT2D eigenvalue weighted by Gasteiger charge is -2.06. The summed E-state index contributed by atoms with van der Waals surface area (Å²) in [6.07, 6.45) is 6.59. The van der Waals surface area contributed by atoms with E-state index in [0.29, 0.717) is 5.69 Å². The third-order valence-corrected chi connectivity index (χ3v) is 2.82. The van der Waals surface area contributed by atoms with Gasteiger partial charge in [-0.05, 0) is 31.2 Å². The molecular formula is C14H12N4O2. The molecule has 20 heavy (non-hydrogen) atoms. The highest BCUT2D eigenvalue weighted by Gasteiger charge is 2.09. The van der Waals surface area contributed by atoms with Crippen LogP contribution >= 0.6 is 0 Å². The number of hydrogen-bond donors (Lipinski definition) is 1. The summed E-state index contributed by atoms with van der Waals surface area (Å²) in [5, 5.41) is 2.71. The van der Waals surface area contributed by atoms with Crippen molar-refractivity contribution in [3.8, 4) is 5.82 Å². The predicted molar refractivity (Wildman–Crippen MR) is 72.8 cm³/mol. The van der Waals surface area contributed by atoms with Crippen LogP contribution in [0.4, 0.5) is 5.69 Å². The second-order valence-electron chi connectivity index (χ2n) is 4.18. The van der Waals surface area contributed by atoms with Gasteiger partial charge in [-0.25, -0.2) is 9.97 Å². The van der Waals surface area contributed by atoms with Crippen LogP contribution in [-0.4, -0.2) is 20.4 Å². The van der Waals surface area contributed by atoms with Crippen molar-refractivity contribution < 1.29 is 9.21 Å². The maximum absolute atomic E-state index is 11.8. The van der Waals surface area contributed by atoms with Gasteiger partial charge in [-0.2, -0.15) is 0 Å². The lowest BCUT2D eigenvalue weighted by molar-refractivity contribution is 0.0996. The average Bonchev–Trinajstić information content (AvgIpc) is 3.11. The Labute approximate surface area is 115 Å². The van der Waals surface area contributed by atoms with Crippen LogP contribution in [0.25, 0.3) is 5.82 Å². The molecule has 3 heterocycles. The van der Waals surface area contributed by atoms with Crippen molar-refractivity contribution in [2.75, 3.05) is 5.32 Å². The molecule has 0 aliphatic heterocycles. The van der Waals surface area contributed by atoms with E-state index in [1.807, 2.05) is 23.8 Å². The zero-order valence-corrected chi connectivity index (χ0v) is 10.8. The lowest BCUT2D eigenvalue weighted by atomic mass is 10.3. The highest BCUT2D eigenvalue weighted by atomic mass is 16.3. The van der Waals surface area contributed by atoms with Crippen molar-refractivity contribution in [2.24, 2.45) is 0 Å². The molecule has 0 radical (unpaired) electrons. The van der Waals surface area contributed by atoms with Crippen LogP contribution in [0.3, 0.4) is 0 Å². The van der Waals surface area contributed by atoms with Crippen molar-refractivity contribution in [3.63, 3.8) is 0 Å². The van der Waals surface area contributed by atoms with E-state index in [1.54, 1.807) is 30.6 Å². The number of aromatic nitrogens is 3. The van der Waals surface area contributed by atoms with Gasteiger partial charge in [0.15, 0.2) is 5.76 Å². The molecule has 3 aromatic rings. The molecule has 3 aromatic heterocycles. The molecule has 0 aliphatic rings. The number of amides is 1. The maximum Gasteiger partial charge on any atom is 0.291 e. The van der Waals surface area contributed by atoms with E-state index >= 15 is 0 Å². The lowest BCUT2D eigenvalue weighted by Crippen LogP contribution is -2.11. The molecule has 100 valence electrons. The van der Waals surface area contributed by atoms with Gasteiger partial charge in [0.2, 0.25) is 0 Å². The van der Waals surface area contributed by atoms with Crippen LogP contribution in [0.5, 0.6) is 0 Å². The quantitative estimate of drug-likeness (QED) is 0.791. The smallest absolute Gasteiger partial charge is 0.291 e.